The Bertz CT molecular complexity index is 218. The minimum atomic E-state index is -0.833. The van der Waals surface area contributed by atoms with Crippen molar-refractivity contribution in [3.05, 3.63) is 24.9 Å². The minimum Gasteiger partial charge on any atom is -0.852 e. The van der Waals surface area contributed by atoms with Crippen LogP contribution in [-0.4, -0.2) is 45.8 Å². The van der Waals surface area contributed by atoms with Crippen molar-refractivity contribution in [2.75, 3.05) is 0 Å². The SMILES string of the molecule is C1=CN=C1.C=C[CH2][Al+2].CC(=O)O.CC(C)[O-].CC(C)[O-]. The van der Waals surface area contributed by atoms with E-state index in [0.29, 0.717) is 0 Å². The van der Waals surface area contributed by atoms with Gasteiger partial charge in [0.15, 0.2) is 0 Å². The van der Waals surface area contributed by atoms with Crippen LogP contribution in [0.3, 0.4) is 0 Å². The zero-order valence-electron chi connectivity index (χ0n) is 13.1. The Kier molecular flexibility index (Phi) is 36.5. The number of aliphatic imine (C=N–C) groups is 1. The molecular weight excluding hydrogens is 273 g/mol. The summed E-state index contributed by atoms with van der Waals surface area (Å²) >= 11 is 2.54. The van der Waals surface area contributed by atoms with Gasteiger partial charge in [0.2, 0.25) is 0 Å². The standard InChI is InChI=1S/C3H3N.2C3H7O.C3H5.C2H4O2.Al/c1-2-4-3-1;2*1-3(2)4;1-3-2;1-2(3)4;/h1-3H;2*3H,1-2H3;3H,1-2H2;1H3,(H,3,4);/q;2*-1;;;+2. The van der Waals surface area contributed by atoms with Gasteiger partial charge in [0, 0.05) is 19.3 Å². The summed E-state index contributed by atoms with van der Waals surface area (Å²) < 4.78 is 0. The molecule has 0 unspecified atom stereocenters. The van der Waals surface area contributed by atoms with E-state index in [-0.39, 0.29) is 0 Å². The van der Waals surface area contributed by atoms with Crippen molar-refractivity contribution >= 4 is 28.5 Å². The molecule has 5 nitrogen and oxygen atoms in total. The average Bonchev–Trinajstić information content (AvgIpc) is 2.11. The van der Waals surface area contributed by atoms with Gasteiger partial charge in [0.1, 0.15) is 0 Å². The third-order valence-corrected chi connectivity index (χ3v) is 0.844. The van der Waals surface area contributed by atoms with Crippen molar-refractivity contribution in [3.63, 3.8) is 0 Å². The Balaban J connectivity index is -0.0000000800. The number of hydrogen-bond donors (Lipinski definition) is 1. The molecule has 1 N–H and O–H groups in total. The van der Waals surface area contributed by atoms with Crippen LogP contribution in [0.15, 0.2) is 29.9 Å². The molecule has 0 spiro atoms. The maximum absolute atomic E-state index is 9.53. The van der Waals surface area contributed by atoms with Gasteiger partial charge in [0.25, 0.3) is 5.97 Å². The molecule has 0 radical (unpaired) electrons. The van der Waals surface area contributed by atoms with Crippen molar-refractivity contribution in [2.45, 2.75) is 52.1 Å². The second-order valence-corrected chi connectivity index (χ2v) is 4.25. The van der Waals surface area contributed by atoms with E-state index in [1.165, 1.54) is 0 Å². The molecule has 0 atom stereocenters. The average molecular weight is 299 g/mol. The van der Waals surface area contributed by atoms with E-state index >= 15 is 0 Å². The Hall–Kier alpha value is -0.928. The zero-order chi connectivity index (χ0) is 17.0. The summed E-state index contributed by atoms with van der Waals surface area (Å²) in [7, 11) is 0. The monoisotopic (exact) mass is 299 g/mol. The van der Waals surface area contributed by atoms with Gasteiger partial charge in [-0.15, -0.1) is 12.2 Å². The van der Waals surface area contributed by atoms with Crippen molar-refractivity contribution in [1.82, 2.24) is 0 Å². The fourth-order valence-corrected chi connectivity index (χ4v) is 0.0861. The summed E-state index contributed by atoms with van der Waals surface area (Å²) in [5, 5.41) is 27.5. The van der Waals surface area contributed by atoms with Gasteiger partial charge in [-0.05, 0) is 6.08 Å². The van der Waals surface area contributed by atoms with Crippen molar-refractivity contribution in [2.24, 2.45) is 4.99 Å². The summed E-state index contributed by atoms with van der Waals surface area (Å²) in [6.45, 7) is 11.0. The number of nitrogens with zero attached hydrogens (tertiary/aromatic N) is 1. The number of rotatable bonds is 1. The number of hydrogen-bond acceptors (Lipinski definition) is 4. The van der Waals surface area contributed by atoms with E-state index < -0.39 is 18.2 Å². The van der Waals surface area contributed by atoms with Gasteiger partial charge in [-0.25, -0.2) is 0 Å². The van der Waals surface area contributed by atoms with Crippen LogP contribution in [-0.2, 0) is 4.79 Å². The smallest absolute Gasteiger partial charge is 0.300 e. The summed E-state index contributed by atoms with van der Waals surface area (Å²) in [6, 6.07) is 0. The summed E-state index contributed by atoms with van der Waals surface area (Å²) in [5.74, 6) is -0.833. The van der Waals surface area contributed by atoms with Crippen LogP contribution in [0.4, 0.5) is 0 Å². The molecule has 20 heavy (non-hydrogen) atoms. The number of aliphatic carboxylic acids is 1. The quantitative estimate of drug-likeness (QED) is 0.576. The first-order chi connectivity index (χ1) is 9.11. The Morgan fingerprint density at radius 3 is 1.45 bits per heavy atom. The molecule has 0 fully saturated rings. The predicted octanol–water partition coefficient (Wildman–Crippen LogP) is 0.945. The fraction of sp³-hybridized carbons (Fsp3) is 0.571. The van der Waals surface area contributed by atoms with Gasteiger partial charge >= 0.3 is 34.2 Å². The molecule has 0 aliphatic carbocycles. The third-order valence-electron chi connectivity index (χ3n) is 0.511. The summed E-state index contributed by atoms with van der Waals surface area (Å²) in [6.07, 6.45) is 6.39. The van der Waals surface area contributed by atoms with Crippen LogP contribution in [0.25, 0.3) is 0 Å². The zero-order valence-corrected chi connectivity index (χ0v) is 14.2. The van der Waals surface area contributed by atoms with Gasteiger partial charge in [-0.1, -0.05) is 27.7 Å². The fourth-order valence-electron chi connectivity index (χ4n) is 0.0861. The van der Waals surface area contributed by atoms with E-state index in [0.717, 1.165) is 12.2 Å². The predicted molar refractivity (Wildman–Crippen MR) is 82.0 cm³/mol. The molecular formula is C14H26AlNO4. The first-order valence-electron chi connectivity index (χ1n) is 6.12. The van der Waals surface area contributed by atoms with E-state index in [9.17, 15) is 10.2 Å². The summed E-state index contributed by atoms with van der Waals surface area (Å²) in [5.41, 5.74) is 0. The van der Waals surface area contributed by atoms with Crippen LogP contribution < -0.4 is 10.2 Å². The minimum absolute atomic E-state index is 0.417. The van der Waals surface area contributed by atoms with E-state index in [1.807, 2.05) is 12.2 Å². The molecule has 6 heteroatoms. The second kappa shape index (κ2) is 26.6. The summed E-state index contributed by atoms with van der Waals surface area (Å²) in [4.78, 5) is 12.6. The Morgan fingerprint density at radius 1 is 1.35 bits per heavy atom. The number of carboxylic acid groups (broad SMARTS) is 1. The molecule has 0 saturated heterocycles. The van der Waals surface area contributed by atoms with Crippen molar-refractivity contribution < 1.29 is 20.1 Å². The molecule has 0 aromatic carbocycles. The molecule has 0 bridgehead atoms. The molecule has 1 heterocycles. The second-order valence-electron chi connectivity index (χ2n) is 3.78. The molecule has 0 aromatic rings. The maximum Gasteiger partial charge on any atom is 0.300 e. The Morgan fingerprint density at radius 2 is 1.45 bits per heavy atom. The molecule has 0 saturated carbocycles. The van der Waals surface area contributed by atoms with Gasteiger partial charge < -0.3 is 15.3 Å². The molecule has 1 rings (SSSR count). The van der Waals surface area contributed by atoms with Crippen LogP contribution in [0.1, 0.15) is 34.6 Å². The van der Waals surface area contributed by atoms with Crippen LogP contribution in [0.5, 0.6) is 0 Å². The van der Waals surface area contributed by atoms with Crippen LogP contribution in [0, 0.1) is 0 Å². The van der Waals surface area contributed by atoms with Crippen molar-refractivity contribution in [3.8, 4) is 0 Å². The van der Waals surface area contributed by atoms with E-state index in [1.54, 1.807) is 40.1 Å². The van der Waals surface area contributed by atoms with Crippen molar-refractivity contribution in [1.29, 1.82) is 0 Å². The number of allylic oxidation sites excluding steroid dienone is 2. The van der Waals surface area contributed by atoms with Gasteiger partial charge in [-0.3, -0.25) is 9.79 Å². The molecule has 114 valence electrons. The topological polar surface area (TPSA) is 95.8 Å². The molecule has 1 aliphatic heterocycles. The third kappa shape index (κ3) is 266. The Labute approximate surface area is 131 Å². The van der Waals surface area contributed by atoms with Crippen LogP contribution in [0.2, 0.25) is 5.28 Å². The first-order valence-corrected chi connectivity index (χ1v) is 6.93. The first kappa shape index (κ1) is 27.4. The van der Waals surface area contributed by atoms with Crippen LogP contribution >= 0.6 is 0 Å². The number of carboxylic acids is 1. The normalized spacial score (nSPS) is 9.35. The van der Waals surface area contributed by atoms with Gasteiger partial charge in [-0.2, -0.15) is 0 Å². The number of carbonyl (C=O) groups is 1. The van der Waals surface area contributed by atoms with E-state index in [2.05, 4.69) is 27.9 Å². The molecule has 0 amide bonds. The molecule has 0 aromatic heterocycles. The molecule has 1 aliphatic rings. The largest absolute Gasteiger partial charge is 0.852 e. The van der Waals surface area contributed by atoms with Gasteiger partial charge in [0.05, 0.1) is 0 Å². The maximum atomic E-state index is 9.53. The van der Waals surface area contributed by atoms with E-state index in [4.69, 9.17) is 9.90 Å².